The summed E-state index contributed by atoms with van der Waals surface area (Å²) in [5.41, 5.74) is 1.04. The molecule has 0 heterocycles. The lowest BCUT2D eigenvalue weighted by Crippen LogP contribution is -2.46. The monoisotopic (exact) mass is 328 g/mol. The topological polar surface area (TPSA) is 78.4 Å². The summed E-state index contributed by atoms with van der Waals surface area (Å²) < 4.78 is 0.968. The van der Waals surface area contributed by atoms with Crippen molar-refractivity contribution in [2.45, 2.75) is 25.9 Å². The Kier molecular flexibility index (Phi) is 5.98. The third kappa shape index (κ3) is 5.40. The smallest absolute Gasteiger partial charge is 0.327 e. The van der Waals surface area contributed by atoms with E-state index in [2.05, 4.69) is 26.6 Å². The van der Waals surface area contributed by atoms with Crippen LogP contribution in [0.4, 0.5) is 0 Å². The second-order valence-corrected chi connectivity index (χ2v) is 5.19. The first-order valence-electron chi connectivity index (χ1n) is 5.89. The minimum atomic E-state index is -1.05. The van der Waals surface area contributed by atoms with Crippen LogP contribution in [0.15, 0.2) is 28.7 Å². The zero-order valence-electron chi connectivity index (χ0n) is 10.8. The normalized spacial score (nSPS) is 13.6. The number of carbonyl (C=O) groups excluding carboxylic acids is 1. The number of nitrogens with one attached hydrogen (secondary N) is 2. The lowest BCUT2D eigenvalue weighted by atomic mass is 10.1. The fourth-order valence-electron chi connectivity index (χ4n) is 1.63. The highest BCUT2D eigenvalue weighted by Crippen LogP contribution is 2.17. The van der Waals surface area contributed by atoms with Crippen LogP contribution in [-0.4, -0.2) is 29.6 Å². The van der Waals surface area contributed by atoms with E-state index in [0.717, 1.165) is 10.0 Å². The molecule has 0 aliphatic carbocycles. The van der Waals surface area contributed by atoms with Crippen LogP contribution in [0, 0.1) is 0 Å². The molecule has 0 radical (unpaired) electrons. The number of benzene rings is 1. The first-order chi connectivity index (χ1) is 8.90. The van der Waals surface area contributed by atoms with Crippen molar-refractivity contribution in [3.63, 3.8) is 0 Å². The van der Waals surface area contributed by atoms with Crippen molar-refractivity contribution in [2.75, 3.05) is 6.54 Å². The van der Waals surface area contributed by atoms with Crippen molar-refractivity contribution in [3.05, 3.63) is 34.3 Å². The van der Waals surface area contributed by atoms with Gasteiger partial charge in [0.1, 0.15) is 6.04 Å². The maximum atomic E-state index is 11.0. The summed E-state index contributed by atoms with van der Waals surface area (Å²) in [5, 5.41) is 14.5. The van der Waals surface area contributed by atoms with Gasteiger partial charge in [0.05, 0.1) is 0 Å². The lowest BCUT2D eigenvalue weighted by molar-refractivity contribution is -0.141. The summed E-state index contributed by atoms with van der Waals surface area (Å²) in [6, 6.07) is 6.83. The molecule has 3 N–H and O–H groups in total. The molecule has 2 atom stereocenters. The molecule has 0 aliphatic rings. The van der Waals surface area contributed by atoms with Gasteiger partial charge in [-0.3, -0.25) is 4.79 Å². The number of carbonyl (C=O) groups is 2. The van der Waals surface area contributed by atoms with Gasteiger partial charge < -0.3 is 15.7 Å². The summed E-state index contributed by atoms with van der Waals surface area (Å²) in [7, 11) is 0. The van der Waals surface area contributed by atoms with Crippen molar-refractivity contribution in [1.29, 1.82) is 0 Å². The number of amides is 1. The highest BCUT2D eigenvalue weighted by Gasteiger charge is 2.19. The van der Waals surface area contributed by atoms with Gasteiger partial charge in [0, 0.05) is 24.0 Å². The van der Waals surface area contributed by atoms with Gasteiger partial charge in [-0.25, -0.2) is 4.79 Å². The summed E-state index contributed by atoms with van der Waals surface area (Å²) in [5.74, 6) is -1.41. The Morgan fingerprint density at radius 1 is 1.42 bits per heavy atom. The van der Waals surface area contributed by atoms with Crippen molar-refractivity contribution in [1.82, 2.24) is 10.6 Å². The van der Waals surface area contributed by atoms with Crippen LogP contribution in [0.3, 0.4) is 0 Å². The molecule has 5 nitrogen and oxygen atoms in total. The number of halogens is 1. The van der Waals surface area contributed by atoms with Crippen LogP contribution in [0.5, 0.6) is 0 Å². The minimum Gasteiger partial charge on any atom is -0.480 e. The average molecular weight is 329 g/mol. The molecule has 1 amide bonds. The number of hydrogen-bond acceptors (Lipinski definition) is 3. The van der Waals surface area contributed by atoms with Crippen LogP contribution < -0.4 is 10.6 Å². The maximum absolute atomic E-state index is 11.0. The van der Waals surface area contributed by atoms with Crippen LogP contribution in [0.25, 0.3) is 0 Å². The van der Waals surface area contributed by atoms with E-state index in [0.29, 0.717) is 0 Å². The summed E-state index contributed by atoms with van der Waals surface area (Å²) in [6.07, 6.45) is 0. The van der Waals surface area contributed by atoms with E-state index in [1.54, 1.807) is 0 Å². The largest absolute Gasteiger partial charge is 0.480 e. The van der Waals surface area contributed by atoms with E-state index in [4.69, 9.17) is 5.11 Å². The molecular weight excluding hydrogens is 312 g/mol. The predicted octanol–water partition coefficient (Wildman–Crippen LogP) is 1.69. The fraction of sp³-hybridized carbons (Fsp3) is 0.385. The first kappa shape index (κ1) is 15.7. The van der Waals surface area contributed by atoms with Crippen molar-refractivity contribution >= 4 is 27.8 Å². The van der Waals surface area contributed by atoms with Crippen molar-refractivity contribution < 1.29 is 14.7 Å². The van der Waals surface area contributed by atoms with E-state index >= 15 is 0 Å². The number of carboxylic acid groups (broad SMARTS) is 1. The Balaban J connectivity index is 2.59. The highest BCUT2D eigenvalue weighted by atomic mass is 79.9. The average Bonchev–Trinajstić information content (AvgIpc) is 2.33. The van der Waals surface area contributed by atoms with E-state index in [-0.39, 0.29) is 18.5 Å². The molecule has 104 valence electrons. The Morgan fingerprint density at radius 2 is 2.11 bits per heavy atom. The molecule has 0 spiro atoms. The van der Waals surface area contributed by atoms with E-state index < -0.39 is 12.0 Å². The SMILES string of the molecule is CC(=O)NC(CNC(C)c1cccc(Br)c1)C(=O)O. The third-order valence-electron chi connectivity index (χ3n) is 2.65. The molecule has 0 bridgehead atoms. The standard InChI is InChI=1S/C13H17BrN2O3/c1-8(10-4-3-5-11(14)6-10)15-7-12(13(18)19)16-9(2)17/h3-6,8,12,15H,7H2,1-2H3,(H,16,17)(H,18,19). The quantitative estimate of drug-likeness (QED) is 0.742. The van der Waals surface area contributed by atoms with Crippen molar-refractivity contribution in [2.24, 2.45) is 0 Å². The molecule has 0 saturated carbocycles. The predicted molar refractivity (Wildman–Crippen MR) is 75.8 cm³/mol. The maximum Gasteiger partial charge on any atom is 0.327 e. The van der Waals surface area contributed by atoms with Gasteiger partial charge in [-0.1, -0.05) is 28.1 Å². The van der Waals surface area contributed by atoms with Gasteiger partial charge in [-0.2, -0.15) is 0 Å². The lowest BCUT2D eigenvalue weighted by Gasteiger charge is -2.19. The third-order valence-corrected chi connectivity index (χ3v) is 3.15. The Labute approximate surface area is 120 Å². The van der Waals surface area contributed by atoms with Gasteiger partial charge in [-0.05, 0) is 24.6 Å². The number of rotatable bonds is 6. The zero-order valence-corrected chi connectivity index (χ0v) is 12.4. The molecule has 1 aromatic rings. The molecule has 19 heavy (non-hydrogen) atoms. The second-order valence-electron chi connectivity index (χ2n) is 4.28. The minimum absolute atomic E-state index is 0.00638. The zero-order chi connectivity index (χ0) is 14.4. The van der Waals surface area contributed by atoms with Gasteiger partial charge >= 0.3 is 5.97 Å². The molecule has 0 fully saturated rings. The number of hydrogen-bond donors (Lipinski definition) is 3. The molecule has 0 saturated heterocycles. The summed E-state index contributed by atoms with van der Waals surface area (Å²) in [4.78, 5) is 21.9. The molecule has 0 aliphatic heterocycles. The van der Waals surface area contributed by atoms with Gasteiger partial charge in [0.2, 0.25) is 5.91 Å². The van der Waals surface area contributed by atoms with Crippen molar-refractivity contribution in [3.8, 4) is 0 Å². The van der Waals surface area contributed by atoms with Crippen LogP contribution in [0.2, 0.25) is 0 Å². The van der Waals surface area contributed by atoms with E-state index in [1.807, 2.05) is 31.2 Å². The Bertz CT molecular complexity index is 465. The summed E-state index contributed by atoms with van der Waals surface area (Å²) in [6.45, 7) is 3.41. The van der Waals surface area contributed by atoms with Crippen LogP contribution in [0.1, 0.15) is 25.5 Å². The molecule has 1 aromatic carbocycles. The van der Waals surface area contributed by atoms with Gasteiger partial charge in [0.15, 0.2) is 0 Å². The number of carboxylic acids is 1. The Hall–Kier alpha value is -1.40. The van der Waals surface area contributed by atoms with Crippen LogP contribution >= 0.6 is 15.9 Å². The molecule has 0 aromatic heterocycles. The van der Waals surface area contributed by atoms with E-state index in [9.17, 15) is 9.59 Å². The molecule has 1 rings (SSSR count). The first-order valence-corrected chi connectivity index (χ1v) is 6.68. The molecular formula is C13H17BrN2O3. The fourth-order valence-corrected chi connectivity index (χ4v) is 2.05. The number of aliphatic carboxylic acids is 1. The highest BCUT2D eigenvalue weighted by molar-refractivity contribution is 9.10. The Morgan fingerprint density at radius 3 is 2.63 bits per heavy atom. The second kappa shape index (κ2) is 7.25. The van der Waals surface area contributed by atoms with Gasteiger partial charge in [0.25, 0.3) is 0 Å². The molecule has 2 unspecified atom stereocenters. The summed E-state index contributed by atoms with van der Waals surface area (Å²) >= 11 is 3.39. The molecule has 6 heteroatoms. The van der Waals surface area contributed by atoms with Crippen LogP contribution in [-0.2, 0) is 9.59 Å². The van der Waals surface area contributed by atoms with Gasteiger partial charge in [-0.15, -0.1) is 0 Å². The van der Waals surface area contributed by atoms with E-state index in [1.165, 1.54) is 6.92 Å².